The molecule has 0 aliphatic heterocycles. The van der Waals surface area contributed by atoms with E-state index >= 15 is 0 Å². The average Bonchev–Trinajstić information content (AvgIpc) is 3.26. The van der Waals surface area contributed by atoms with Crippen molar-refractivity contribution in [2.75, 3.05) is 4.72 Å². The van der Waals surface area contributed by atoms with Crippen LogP contribution in [0.15, 0.2) is 53.6 Å². The first-order chi connectivity index (χ1) is 12.9. The predicted molar refractivity (Wildman–Crippen MR) is 106 cm³/mol. The molecule has 0 aliphatic rings. The minimum Gasteiger partial charge on any atom is -0.266 e. The molecule has 2 heterocycles. The number of hydrogen-bond donors (Lipinski definition) is 1. The maximum atomic E-state index is 12.7. The highest BCUT2D eigenvalue weighted by Gasteiger charge is 2.20. The third kappa shape index (κ3) is 3.77. The summed E-state index contributed by atoms with van der Waals surface area (Å²) in [5.41, 5.74) is 1.76. The summed E-state index contributed by atoms with van der Waals surface area (Å²) in [5, 5.41) is 5.18. The summed E-state index contributed by atoms with van der Waals surface area (Å²) in [4.78, 5) is 0.0628. The van der Waals surface area contributed by atoms with Crippen LogP contribution < -0.4 is 4.72 Å². The Morgan fingerprint density at radius 1 is 1.07 bits per heavy atom. The van der Waals surface area contributed by atoms with Crippen molar-refractivity contribution in [2.45, 2.75) is 11.4 Å². The average molecular weight is 440 g/mol. The molecule has 0 aliphatic carbocycles. The van der Waals surface area contributed by atoms with Gasteiger partial charge in [0.15, 0.2) is 5.82 Å². The molecule has 2 aromatic heterocycles. The first-order valence-corrected chi connectivity index (χ1v) is 10.6. The van der Waals surface area contributed by atoms with Crippen molar-refractivity contribution in [3.05, 3.63) is 64.3 Å². The van der Waals surface area contributed by atoms with Crippen LogP contribution in [0.25, 0.3) is 11.0 Å². The minimum absolute atomic E-state index is 0.0628. The zero-order valence-electron chi connectivity index (χ0n) is 13.5. The number of nitrogens with zero attached hydrogens (tertiary/aromatic N) is 4. The van der Waals surface area contributed by atoms with Crippen LogP contribution in [0, 0.1) is 0 Å². The number of rotatable bonds is 5. The molecular formula is C16H11Cl2N5O2S2. The lowest BCUT2D eigenvalue weighted by molar-refractivity contribution is 0.601. The molecule has 0 radical (unpaired) electrons. The summed E-state index contributed by atoms with van der Waals surface area (Å²) in [6, 6.07) is 11.7. The molecule has 0 saturated heterocycles. The predicted octanol–water partition coefficient (Wildman–Crippen LogP) is 4.04. The zero-order valence-corrected chi connectivity index (χ0v) is 16.6. The monoisotopic (exact) mass is 439 g/mol. The SMILES string of the molecule is O=S(=O)(Nc1ccn(Cc2ccc(Cl)c(Cl)c2)n1)c1cccc2nsnc12. The van der Waals surface area contributed by atoms with Crippen LogP contribution in [0.2, 0.25) is 10.0 Å². The Balaban J connectivity index is 1.56. The van der Waals surface area contributed by atoms with Crippen molar-refractivity contribution in [1.82, 2.24) is 18.5 Å². The van der Waals surface area contributed by atoms with Crippen molar-refractivity contribution in [3.63, 3.8) is 0 Å². The highest BCUT2D eigenvalue weighted by Crippen LogP contribution is 2.24. The van der Waals surface area contributed by atoms with Gasteiger partial charge in [-0.25, -0.2) is 8.42 Å². The molecule has 11 heteroatoms. The van der Waals surface area contributed by atoms with Gasteiger partial charge in [-0.05, 0) is 29.8 Å². The first kappa shape index (κ1) is 18.2. The molecule has 0 fully saturated rings. The van der Waals surface area contributed by atoms with Gasteiger partial charge >= 0.3 is 0 Å². The third-order valence-electron chi connectivity index (χ3n) is 3.75. The van der Waals surface area contributed by atoms with Crippen molar-refractivity contribution in [3.8, 4) is 0 Å². The Kier molecular flexibility index (Phi) is 4.77. The third-order valence-corrected chi connectivity index (χ3v) is 6.41. The molecule has 1 N–H and O–H groups in total. The van der Waals surface area contributed by atoms with E-state index in [0.717, 1.165) is 17.3 Å². The van der Waals surface area contributed by atoms with E-state index in [9.17, 15) is 8.42 Å². The lowest BCUT2D eigenvalue weighted by atomic mass is 10.2. The summed E-state index contributed by atoms with van der Waals surface area (Å²) in [7, 11) is -3.84. The van der Waals surface area contributed by atoms with E-state index in [1.807, 2.05) is 6.07 Å². The molecule has 27 heavy (non-hydrogen) atoms. The quantitative estimate of drug-likeness (QED) is 0.506. The molecule has 0 saturated carbocycles. The maximum absolute atomic E-state index is 12.7. The summed E-state index contributed by atoms with van der Waals surface area (Å²) in [6.07, 6.45) is 1.67. The van der Waals surface area contributed by atoms with Crippen molar-refractivity contribution in [1.29, 1.82) is 0 Å². The van der Waals surface area contributed by atoms with E-state index < -0.39 is 10.0 Å². The van der Waals surface area contributed by atoms with Gasteiger partial charge < -0.3 is 0 Å². The Bertz CT molecular complexity index is 1240. The zero-order chi connectivity index (χ0) is 19.0. The second-order valence-corrected chi connectivity index (χ2v) is 8.63. The molecule has 4 aromatic rings. The summed E-state index contributed by atoms with van der Waals surface area (Å²) in [6.45, 7) is 0.421. The molecular weight excluding hydrogens is 429 g/mol. The number of anilines is 1. The largest absolute Gasteiger partial charge is 0.266 e. The van der Waals surface area contributed by atoms with Crippen LogP contribution in [0.4, 0.5) is 5.82 Å². The Morgan fingerprint density at radius 3 is 2.74 bits per heavy atom. The number of hydrogen-bond acceptors (Lipinski definition) is 6. The molecule has 2 aromatic carbocycles. The molecule has 0 bridgehead atoms. The lowest BCUT2D eigenvalue weighted by Gasteiger charge is -2.06. The number of aromatic nitrogens is 4. The highest BCUT2D eigenvalue weighted by molar-refractivity contribution is 7.93. The van der Waals surface area contributed by atoms with Crippen molar-refractivity contribution >= 4 is 61.8 Å². The highest BCUT2D eigenvalue weighted by atomic mass is 35.5. The number of nitrogens with one attached hydrogen (secondary N) is 1. The summed E-state index contributed by atoms with van der Waals surface area (Å²) in [5.74, 6) is 0.204. The molecule has 0 atom stereocenters. The van der Waals surface area contributed by atoms with E-state index in [2.05, 4.69) is 18.6 Å². The number of fused-ring (bicyclic) bond motifs is 1. The molecule has 0 amide bonds. The van der Waals surface area contributed by atoms with Gasteiger partial charge in [0, 0.05) is 12.3 Å². The van der Waals surface area contributed by atoms with Crippen LogP contribution in [0.5, 0.6) is 0 Å². The van der Waals surface area contributed by atoms with Gasteiger partial charge in [0.1, 0.15) is 15.9 Å². The Labute approximate surface area is 168 Å². The summed E-state index contributed by atoms with van der Waals surface area (Å²) < 4.78 is 37.6. The first-order valence-electron chi connectivity index (χ1n) is 7.64. The number of benzene rings is 2. The fraction of sp³-hybridized carbons (Fsp3) is 0.0625. The maximum Gasteiger partial charge on any atom is 0.265 e. The fourth-order valence-corrected chi connectivity index (χ4v) is 4.60. The molecule has 0 unspecified atom stereocenters. The van der Waals surface area contributed by atoms with Gasteiger partial charge in [-0.3, -0.25) is 9.40 Å². The van der Waals surface area contributed by atoms with E-state index in [-0.39, 0.29) is 10.7 Å². The standard InChI is InChI=1S/C16H11Cl2N5O2S2/c17-11-5-4-10(8-12(11)18)9-23-7-6-15(19-23)22-27(24,25)14-3-1-2-13-16(14)21-26-20-13/h1-8H,9H2,(H,19,22). The lowest BCUT2D eigenvalue weighted by Crippen LogP contribution is -2.14. The molecule has 138 valence electrons. The molecule has 0 spiro atoms. The van der Waals surface area contributed by atoms with E-state index in [1.54, 1.807) is 41.2 Å². The normalized spacial score (nSPS) is 11.8. The van der Waals surface area contributed by atoms with Crippen LogP contribution in [0.1, 0.15) is 5.56 Å². The van der Waals surface area contributed by atoms with Gasteiger partial charge in [0.2, 0.25) is 0 Å². The topological polar surface area (TPSA) is 89.8 Å². The number of sulfonamides is 1. The summed E-state index contributed by atoms with van der Waals surface area (Å²) >= 11 is 12.9. The molecule has 7 nitrogen and oxygen atoms in total. The smallest absolute Gasteiger partial charge is 0.265 e. The van der Waals surface area contributed by atoms with E-state index in [4.69, 9.17) is 23.2 Å². The van der Waals surface area contributed by atoms with Crippen LogP contribution >= 0.6 is 34.9 Å². The van der Waals surface area contributed by atoms with Gasteiger partial charge in [-0.1, -0.05) is 35.3 Å². The minimum atomic E-state index is -3.84. The van der Waals surface area contributed by atoms with Gasteiger partial charge in [0.05, 0.1) is 28.3 Å². The second kappa shape index (κ2) is 7.08. The van der Waals surface area contributed by atoms with Gasteiger partial charge in [0.25, 0.3) is 10.0 Å². The fourth-order valence-electron chi connectivity index (χ4n) is 2.52. The van der Waals surface area contributed by atoms with Crippen LogP contribution in [0.3, 0.4) is 0 Å². The second-order valence-electron chi connectivity index (χ2n) is 5.64. The van der Waals surface area contributed by atoms with Gasteiger partial charge in [-0.15, -0.1) is 0 Å². The van der Waals surface area contributed by atoms with Crippen LogP contribution in [-0.2, 0) is 16.6 Å². The van der Waals surface area contributed by atoms with Gasteiger partial charge in [-0.2, -0.15) is 13.8 Å². The Hall–Kier alpha value is -2.20. The van der Waals surface area contributed by atoms with E-state index in [0.29, 0.717) is 27.6 Å². The van der Waals surface area contributed by atoms with Crippen molar-refractivity contribution in [2.24, 2.45) is 0 Å². The Morgan fingerprint density at radius 2 is 1.93 bits per heavy atom. The van der Waals surface area contributed by atoms with Crippen LogP contribution in [-0.4, -0.2) is 26.9 Å². The number of halogens is 2. The van der Waals surface area contributed by atoms with Crippen molar-refractivity contribution < 1.29 is 8.42 Å². The molecule has 4 rings (SSSR count). The van der Waals surface area contributed by atoms with E-state index in [1.165, 1.54) is 6.07 Å².